The number of furan rings is 1. The first-order valence-corrected chi connectivity index (χ1v) is 6.74. The lowest BCUT2D eigenvalue weighted by atomic mass is 9.92. The minimum absolute atomic E-state index is 0.125. The first-order chi connectivity index (χ1) is 8.29. The SMILES string of the molecule is Cc1ccc(-c2nc(C(C)(C)C)c(I)c(=O)[nH]2)o1. The highest BCUT2D eigenvalue weighted by atomic mass is 127. The summed E-state index contributed by atoms with van der Waals surface area (Å²) in [5, 5.41) is 0. The van der Waals surface area contributed by atoms with Crippen molar-refractivity contribution in [2.75, 3.05) is 0 Å². The summed E-state index contributed by atoms with van der Waals surface area (Å²) in [5.74, 6) is 1.87. The molecule has 4 nitrogen and oxygen atoms in total. The van der Waals surface area contributed by atoms with Crippen molar-refractivity contribution in [1.82, 2.24) is 9.97 Å². The number of aromatic nitrogens is 2. The van der Waals surface area contributed by atoms with Crippen LogP contribution in [0.1, 0.15) is 32.2 Å². The van der Waals surface area contributed by atoms with Crippen molar-refractivity contribution in [3.8, 4) is 11.6 Å². The topological polar surface area (TPSA) is 58.9 Å². The van der Waals surface area contributed by atoms with Crippen LogP contribution >= 0.6 is 22.6 Å². The summed E-state index contributed by atoms with van der Waals surface area (Å²) in [6.07, 6.45) is 0. The van der Waals surface area contributed by atoms with Crippen LogP contribution in [0.4, 0.5) is 0 Å². The van der Waals surface area contributed by atoms with Crippen molar-refractivity contribution in [2.24, 2.45) is 0 Å². The number of rotatable bonds is 1. The zero-order valence-electron chi connectivity index (χ0n) is 10.8. The molecule has 2 aromatic rings. The van der Waals surface area contributed by atoms with Crippen molar-refractivity contribution < 1.29 is 4.42 Å². The Kier molecular flexibility index (Phi) is 3.35. The van der Waals surface area contributed by atoms with E-state index in [1.54, 1.807) is 0 Å². The molecule has 5 heteroatoms. The van der Waals surface area contributed by atoms with E-state index in [-0.39, 0.29) is 11.0 Å². The predicted molar refractivity (Wildman–Crippen MR) is 78.7 cm³/mol. The molecule has 0 unspecified atom stereocenters. The van der Waals surface area contributed by atoms with Crippen molar-refractivity contribution >= 4 is 22.6 Å². The Hall–Kier alpha value is -1.11. The highest BCUT2D eigenvalue weighted by Crippen LogP contribution is 2.25. The van der Waals surface area contributed by atoms with Crippen LogP contribution in [0.5, 0.6) is 0 Å². The van der Waals surface area contributed by atoms with Crippen LogP contribution < -0.4 is 5.56 Å². The van der Waals surface area contributed by atoms with Gasteiger partial charge >= 0.3 is 0 Å². The van der Waals surface area contributed by atoms with E-state index in [4.69, 9.17) is 4.42 Å². The molecule has 18 heavy (non-hydrogen) atoms. The lowest BCUT2D eigenvalue weighted by Gasteiger charge is -2.19. The second-order valence-corrected chi connectivity index (χ2v) is 6.32. The third-order valence-corrected chi connectivity index (χ3v) is 3.55. The fraction of sp³-hybridized carbons (Fsp3) is 0.385. The largest absolute Gasteiger partial charge is 0.458 e. The van der Waals surface area contributed by atoms with Gasteiger partial charge in [-0.25, -0.2) is 4.98 Å². The minimum Gasteiger partial charge on any atom is -0.458 e. The molecule has 2 rings (SSSR count). The van der Waals surface area contributed by atoms with Gasteiger partial charge in [0.2, 0.25) is 0 Å². The Labute approximate surface area is 119 Å². The normalized spacial score (nSPS) is 11.8. The average molecular weight is 358 g/mol. The summed E-state index contributed by atoms with van der Waals surface area (Å²) in [6.45, 7) is 7.97. The van der Waals surface area contributed by atoms with Gasteiger partial charge in [-0.05, 0) is 41.6 Å². The molecule has 2 aromatic heterocycles. The third kappa shape index (κ3) is 2.50. The molecule has 0 aliphatic heterocycles. The minimum atomic E-state index is -0.179. The summed E-state index contributed by atoms with van der Waals surface area (Å²) in [6, 6.07) is 3.66. The average Bonchev–Trinajstić information content (AvgIpc) is 2.67. The zero-order chi connectivity index (χ0) is 13.5. The number of halogens is 1. The molecule has 0 amide bonds. The van der Waals surface area contributed by atoms with Crippen molar-refractivity contribution in [3.05, 3.63) is 37.5 Å². The first kappa shape index (κ1) is 13.3. The van der Waals surface area contributed by atoms with Gasteiger partial charge in [-0.3, -0.25) is 4.79 Å². The van der Waals surface area contributed by atoms with E-state index >= 15 is 0 Å². The lowest BCUT2D eigenvalue weighted by Crippen LogP contribution is -2.24. The Morgan fingerprint density at radius 3 is 2.50 bits per heavy atom. The van der Waals surface area contributed by atoms with Crippen LogP contribution in [0.3, 0.4) is 0 Å². The molecule has 0 radical (unpaired) electrons. The molecular formula is C13H15IN2O2. The van der Waals surface area contributed by atoms with Gasteiger partial charge in [0.25, 0.3) is 5.56 Å². The Morgan fingerprint density at radius 1 is 1.33 bits per heavy atom. The smallest absolute Gasteiger partial charge is 0.264 e. The Morgan fingerprint density at radius 2 is 2.00 bits per heavy atom. The molecule has 0 saturated heterocycles. The van der Waals surface area contributed by atoms with E-state index in [2.05, 4.69) is 9.97 Å². The molecule has 0 spiro atoms. The van der Waals surface area contributed by atoms with Crippen molar-refractivity contribution in [1.29, 1.82) is 0 Å². The van der Waals surface area contributed by atoms with Gasteiger partial charge < -0.3 is 9.40 Å². The fourth-order valence-corrected chi connectivity index (χ4v) is 2.70. The molecule has 0 bridgehead atoms. The quantitative estimate of drug-likeness (QED) is 0.797. The van der Waals surface area contributed by atoms with Crippen LogP contribution in [0.25, 0.3) is 11.6 Å². The van der Waals surface area contributed by atoms with Gasteiger partial charge in [0.15, 0.2) is 11.6 Å². The summed E-state index contributed by atoms with van der Waals surface area (Å²) in [5.41, 5.74) is 0.483. The maximum atomic E-state index is 11.9. The molecule has 0 saturated carbocycles. The summed E-state index contributed by atoms with van der Waals surface area (Å²) < 4.78 is 6.13. The molecule has 0 aromatic carbocycles. The molecule has 0 aliphatic rings. The number of H-pyrrole nitrogens is 1. The van der Waals surface area contributed by atoms with E-state index in [1.807, 2.05) is 62.4 Å². The van der Waals surface area contributed by atoms with Gasteiger partial charge in [-0.2, -0.15) is 0 Å². The van der Waals surface area contributed by atoms with Crippen LogP contribution in [0.15, 0.2) is 21.3 Å². The molecular weight excluding hydrogens is 343 g/mol. The summed E-state index contributed by atoms with van der Waals surface area (Å²) in [7, 11) is 0. The predicted octanol–water partition coefficient (Wildman–Crippen LogP) is 3.24. The third-order valence-electron chi connectivity index (χ3n) is 2.55. The number of aromatic amines is 1. The molecule has 0 atom stereocenters. The van der Waals surface area contributed by atoms with E-state index in [0.29, 0.717) is 15.2 Å². The van der Waals surface area contributed by atoms with Crippen LogP contribution in [0, 0.1) is 10.5 Å². The molecule has 96 valence electrons. The van der Waals surface area contributed by atoms with Crippen LogP contribution in [0.2, 0.25) is 0 Å². The standard InChI is InChI=1S/C13H15IN2O2/c1-7-5-6-8(18-7)11-15-10(13(2,3)4)9(14)12(17)16-11/h5-6H,1-4H3,(H,15,16,17). The van der Waals surface area contributed by atoms with Crippen LogP contribution in [-0.2, 0) is 5.41 Å². The van der Waals surface area contributed by atoms with E-state index < -0.39 is 0 Å². The summed E-state index contributed by atoms with van der Waals surface area (Å²) in [4.78, 5) is 19.2. The molecule has 0 fully saturated rings. The summed E-state index contributed by atoms with van der Waals surface area (Å²) >= 11 is 2.03. The first-order valence-electron chi connectivity index (χ1n) is 5.66. The maximum absolute atomic E-state index is 11.9. The van der Waals surface area contributed by atoms with E-state index in [0.717, 1.165) is 11.5 Å². The molecule has 0 aliphatic carbocycles. The maximum Gasteiger partial charge on any atom is 0.264 e. The lowest BCUT2D eigenvalue weighted by molar-refractivity contribution is 0.535. The van der Waals surface area contributed by atoms with Crippen molar-refractivity contribution in [3.63, 3.8) is 0 Å². The molecule has 1 N–H and O–H groups in total. The van der Waals surface area contributed by atoms with Gasteiger partial charge in [-0.15, -0.1) is 0 Å². The highest BCUT2D eigenvalue weighted by molar-refractivity contribution is 14.1. The van der Waals surface area contributed by atoms with Gasteiger partial charge in [0.1, 0.15) is 9.33 Å². The zero-order valence-corrected chi connectivity index (χ0v) is 13.0. The van der Waals surface area contributed by atoms with Gasteiger partial charge in [-0.1, -0.05) is 20.8 Å². The monoisotopic (exact) mass is 358 g/mol. The Balaban J connectivity index is 2.65. The second kappa shape index (κ2) is 4.53. The number of hydrogen-bond donors (Lipinski definition) is 1. The Bertz CT molecular complexity index is 635. The van der Waals surface area contributed by atoms with Gasteiger partial charge in [0.05, 0.1) is 5.69 Å². The number of nitrogens with one attached hydrogen (secondary N) is 1. The fourth-order valence-electron chi connectivity index (χ4n) is 1.63. The van der Waals surface area contributed by atoms with E-state index in [9.17, 15) is 4.79 Å². The van der Waals surface area contributed by atoms with E-state index in [1.165, 1.54) is 0 Å². The van der Waals surface area contributed by atoms with Crippen molar-refractivity contribution in [2.45, 2.75) is 33.1 Å². The number of nitrogens with zero attached hydrogens (tertiary/aromatic N) is 1. The number of hydrogen-bond acceptors (Lipinski definition) is 3. The highest BCUT2D eigenvalue weighted by Gasteiger charge is 2.22. The number of aryl methyl sites for hydroxylation is 1. The molecule has 2 heterocycles. The van der Waals surface area contributed by atoms with Crippen LogP contribution in [-0.4, -0.2) is 9.97 Å². The second-order valence-electron chi connectivity index (χ2n) is 5.24. The van der Waals surface area contributed by atoms with Gasteiger partial charge in [0, 0.05) is 5.41 Å².